The molecule has 3 saturated heterocycles. The number of halogens is 2. The Hall–Kier alpha value is -4.32. The van der Waals surface area contributed by atoms with E-state index in [4.69, 9.17) is 20.2 Å². The van der Waals surface area contributed by atoms with Gasteiger partial charge < -0.3 is 25.2 Å². The Balaban J connectivity index is 1.39. The van der Waals surface area contributed by atoms with Crippen molar-refractivity contribution in [2.75, 3.05) is 31.1 Å². The van der Waals surface area contributed by atoms with Gasteiger partial charge in [0.25, 0.3) is 0 Å². The number of phenolic OH excluding ortho intramolecular Hbond substituents is 1. The molecule has 0 saturated carbocycles. The fraction of sp³-hybridized carbons (Fsp3) is 0.486. The maximum Gasteiger partial charge on any atom is 0.404 e. The lowest BCUT2D eigenvalue weighted by molar-refractivity contribution is 0.0399. The molecule has 2 aromatic heterocycles. The fourth-order valence-electron chi connectivity index (χ4n) is 8.13. The van der Waals surface area contributed by atoms with E-state index in [0.717, 1.165) is 30.2 Å². The summed E-state index contributed by atoms with van der Waals surface area (Å²) in [5.74, 6) is -0.305. The molecule has 3 aliphatic rings. The first-order chi connectivity index (χ1) is 22.4. The zero-order valence-corrected chi connectivity index (χ0v) is 26.9. The Morgan fingerprint density at radius 2 is 1.96 bits per heavy atom. The van der Waals surface area contributed by atoms with Crippen LogP contribution in [0.1, 0.15) is 52.9 Å². The maximum atomic E-state index is 16.9. The van der Waals surface area contributed by atoms with E-state index in [-0.39, 0.29) is 35.6 Å². The molecule has 7 rings (SSSR count). The van der Waals surface area contributed by atoms with Gasteiger partial charge in [-0.05, 0) is 60.5 Å². The van der Waals surface area contributed by atoms with Gasteiger partial charge in [-0.1, -0.05) is 45.0 Å². The lowest BCUT2D eigenvalue weighted by Crippen LogP contribution is -2.57. The highest BCUT2D eigenvalue weighted by molar-refractivity contribution is 6.00. The van der Waals surface area contributed by atoms with Crippen molar-refractivity contribution >= 4 is 33.6 Å². The van der Waals surface area contributed by atoms with Crippen molar-refractivity contribution in [3.63, 3.8) is 0 Å². The average Bonchev–Trinajstić information content (AvgIpc) is 3.54. The third kappa shape index (κ3) is 5.66. The van der Waals surface area contributed by atoms with E-state index < -0.39 is 35.1 Å². The van der Waals surface area contributed by atoms with E-state index in [2.05, 4.69) is 14.9 Å². The van der Waals surface area contributed by atoms with Gasteiger partial charge in [0.15, 0.2) is 5.82 Å². The van der Waals surface area contributed by atoms with Crippen molar-refractivity contribution in [2.24, 2.45) is 11.1 Å². The van der Waals surface area contributed by atoms with Crippen molar-refractivity contribution in [3.05, 3.63) is 48.4 Å². The van der Waals surface area contributed by atoms with Gasteiger partial charge in [0.2, 0.25) is 0 Å². The summed E-state index contributed by atoms with van der Waals surface area (Å²) in [6.07, 6.45) is 2.62. The van der Waals surface area contributed by atoms with Crippen LogP contribution in [0.25, 0.3) is 32.9 Å². The van der Waals surface area contributed by atoms with E-state index in [1.807, 2.05) is 49.9 Å². The largest absolute Gasteiger partial charge is 0.508 e. The molecule has 12 heteroatoms. The van der Waals surface area contributed by atoms with Gasteiger partial charge >= 0.3 is 12.1 Å². The summed E-state index contributed by atoms with van der Waals surface area (Å²) in [4.78, 5) is 30.1. The summed E-state index contributed by atoms with van der Waals surface area (Å²) in [6.45, 7) is 8.02. The summed E-state index contributed by atoms with van der Waals surface area (Å²) < 4.78 is 43.3. The SMILES string of the molecule is CC(C)(C)[C@H]1C(OC(N)=O)CCCN1c1nc(OC[C@@]23CCCN2C[C@H](F)C3)nc2c(F)c(-c3cc(O)cc4ccccc34)ncc12. The number of alkyl halides is 1. The molecule has 2 aromatic carbocycles. The van der Waals surface area contributed by atoms with E-state index in [0.29, 0.717) is 49.1 Å². The fourth-order valence-corrected chi connectivity index (χ4v) is 8.13. The molecule has 3 fully saturated rings. The Morgan fingerprint density at radius 1 is 1.15 bits per heavy atom. The van der Waals surface area contributed by atoms with Crippen molar-refractivity contribution in [2.45, 2.75) is 76.7 Å². The number of benzene rings is 2. The van der Waals surface area contributed by atoms with Crippen LogP contribution in [0.15, 0.2) is 42.6 Å². The number of piperidine rings is 1. The molecule has 248 valence electrons. The Kier molecular flexibility index (Phi) is 7.81. The Labute approximate surface area is 271 Å². The van der Waals surface area contributed by atoms with E-state index in [1.54, 1.807) is 12.3 Å². The number of rotatable bonds is 6. The number of nitrogens with zero attached hydrogens (tertiary/aromatic N) is 5. The maximum absolute atomic E-state index is 16.9. The first kappa shape index (κ1) is 31.3. The van der Waals surface area contributed by atoms with Gasteiger partial charge in [0.1, 0.15) is 41.7 Å². The Bertz CT molecular complexity index is 1850. The van der Waals surface area contributed by atoms with E-state index in [1.165, 1.54) is 6.07 Å². The third-order valence-corrected chi connectivity index (χ3v) is 9.98. The first-order valence-corrected chi connectivity index (χ1v) is 16.3. The molecule has 10 nitrogen and oxygen atoms in total. The number of amides is 1. The molecule has 3 aliphatic heterocycles. The number of pyridine rings is 1. The zero-order valence-electron chi connectivity index (χ0n) is 26.9. The number of aromatic hydroxyl groups is 1. The number of hydrogen-bond donors (Lipinski definition) is 2. The summed E-state index contributed by atoms with van der Waals surface area (Å²) >= 11 is 0. The minimum atomic E-state index is -0.932. The number of phenols is 1. The van der Waals surface area contributed by atoms with Gasteiger partial charge in [-0.25, -0.2) is 13.6 Å². The topological polar surface area (TPSA) is 127 Å². The second-order valence-corrected chi connectivity index (χ2v) is 14.2. The molecule has 0 radical (unpaired) electrons. The highest BCUT2D eigenvalue weighted by Gasteiger charge is 2.49. The second kappa shape index (κ2) is 11.7. The molecule has 0 bridgehead atoms. The summed E-state index contributed by atoms with van der Waals surface area (Å²) in [5, 5.41) is 12.3. The highest BCUT2D eigenvalue weighted by Crippen LogP contribution is 2.43. The molecule has 0 aliphatic carbocycles. The van der Waals surface area contributed by atoms with Gasteiger partial charge in [-0.2, -0.15) is 9.97 Å². The predicted molar refractivity (Wildman–Crippen MR) is 175 cm³/mol. The average molecular weight is 647 g/mol. The van der Waals surface area contributed by atoms with Crippen molar-refractivity contribution < 1.29 is 28.2 Å². The molecular weight excluding hydrogens is 606 g/mol. The quantitative estimate of drug-likeness (QED) is 0.255. The number of aromatic nitrogens is 3. The molecule has 3 N–H and O–H groups in total. The minimum Gasteiger partial charge on any atom is -0.508 e. The number of carbonyl (C=O) groups excluding carboxylic acids is 1. The normalized spacial score (nSPS) is 25.0. The predicted octanol–water partition coefficient (Wildman–Crippen LogP) is 6.12. The first-order valence-electron chi connectivity index (χ1n) is 16.3. The molecule has 4 atom stereocenters. The lowest BCUT2D eigenvalue weighted by atomic mass is 9.78. The third-order valence-electron chi connectivity index (χ3n) is 9.98. The Morgan fingerprint density at radius 3 is 2.74 bits per heavy atom. The van der Waals surface area contributed by atoms with Crippen LogP contribution in [0.2, 0.25) is 0 Å². The number of ether oxygens (including phenoxy) is 2. The van der Waals surface area contributed by atoms with E-state index >= 15 is 4.39 Å². The number of nitrogens with two attached hydrogens (primary N) is 1. The minimum absolute atomic E-state index is 0.00333. The summed E-state index contributed by atoms with van der Waals surface area (Å²) in [6, 6.07) is 10.1. The highest BCUT2D eigenvalue weighted by atomic mass is 19.1. The van der Waals surface area contributed by atoms with E-state index in [9.17, 15) is 14.3 Å². The van der Waals surface area contributed by atoms with Gasteiger partial charge in [0.05, 0.1) is 17.0 Å². The molecule has 1 unspecified atom stereocenters. The van der Waals surface area contributed by atoms with Crippen LogP contribution in [0, 0.1) is 11.2 Å². The smallest absolute Gasteiger partial charge is 0.404 e. The monoisotopic (exact) mass is 646 g/mol. The number of fused-ring (bicyclic) bond motifs is 3. The number of carbonyl (C=O) groups is 1. The molecule has 1 amide bonds. The van der Waals surface area contributed by atoms with Crippen molar-refractivity contribution in [3.8, 4) is 23.0 Å². The second-order valence-electron chi connectivity index (χ2n) is 14.2. The summed E-state index contributed by atoms with van der Waals surface area (Å²) in [7, 11) is 0. The number of anilines is 1. The van der Waals surface area contributed by atoms with Crippen LogP contribution in [-0.4, -0.2) is 81.1 Å². The zero-order chi connectivity index (χ0) is 33.1. The van der Waals surface area contributed by atoms with Gasteiger partial charge in [0, 0.05) is 31.3 Å². The van der Waals surface area contributed by atoms with Crippen LogP contribution in [-0.2, 0) is 4.74 Å². The van der Waals surface area contributed by atoms with Crippen LogP contribution in [0.4, 0.5) is 19.4 Å². The standard InChI is InChI=1S/C35H40F2N6O4/c1-34(2,3)30-26(47-32(38)45)10-6-13-43(30)31-25-17-39-28(24-15-22(44)14-20-8-4-5-9-23(20)24)27(37)29(25)40-33(41-31)46-19-35-11-7-12-42(35)18-21(36)16-35/h4-5,8-9,14-15,17,21,26,30,44H,6-7,10-13,16,18-19H2,1-3H3,(H2,38,45)/t21-,26?,30-,35+/m1/s1. The molecular formula is C35H40F2N6O4. The van der Waals surface area contributed by atoms with Crippen LogP contribution in [0.3, 0.4) is 0 Å². The van der Waals surface area contributed by atoms with Crippen LogP contribution >= 0.6 is 0 Å². The van der Waals surface area contributed by atoms with Crippen LogP contribution in [0.5, 0.6) is 11.8 Å². The van der Waals surface area contributed by atoms with Crippen molar-refractivity contribution in [1.29, 1.82) is 0 Å². The van der Waals surface area contributed by atoms with Gasteiger partial charge in [-0.3, -0.25) is 9.88 Å². The van der Waals surface area contributed by atoms with Gasteiger partial charge in [-0.15, -0.1) is 0 Å². The van der Waals surface area contributed by atoms with Crippen molar-refractivity contribution in [1.82, 2.24) is 19.9 Å². The molecule has 5 heterocycles. The number of hydrogen-bond acceptors (Lipinski definition) is 9. The summed E-state index contributed by atoms with van der Waals surface area (Å²) in [5.41, 5.74) is 5.07. The molecule has 4 aromatic rings. The molecule has 0 spiro atoms. The lowest BCUT2D eigenvalue weighted by Gasteiger charge is -2.47. The number of primary amides is 1. The molecule has 47 heavy (non-hydrogen) atoms. The van der Waals surface area contributed by atoms with Crippen LogP contribution < -0.4 is 15.4 Å².